The monoisotopic (exact) mass is 375 g/mol. The van der Waals surface area contributed by atoms with Crippen LogP contribution in [0.4, 0.5) is 0 Å². The van der Waals surface area contributed by atoms with Gasteiger partial charge in [-0.2, -0.15) is 0 Å². The van der Waals surface area contributed by atoms with Gasteiger partial charge in [0.05, 0.1) is 17.6 Å². The standard InChI is InChI=1S/C23H25N3O2/c1-2-28-19-8-5-17(6-9-19)7-10-22(27)26-14-11-18(12-15-26)20-16-25-21-4-3-13-24-23(20)21/h3-6,8-9,11,13,16,25H,2,7,10,12,14-15H2,1H3. The van der Waals surface area contributed by atoms with E-state index >= 15 is 0 Å². The van der Waals surface area contributed by atoms with Crippen LogP contribution in [0.2, 0.25) is 0 Å². The van der Waals surface area contributed by atoms with Gasteiger partial charge in [0.25, 0.3) is 0 Å². The molecule has 0 spiro atoms. The van der Waals surface area contributed by atoms with Crippen molar-refractivity contribution in [2.75, 3.05) is 19.7 Å². The van der Waals surface area contributed by atoms with Gasteiger partial charge in [-0.1, -0.05) is 18.2 Å². The number of H-pyrrole nitrogens is 1. The van der Waals surface area contributed by atoms with Crippen molar-refractivity contribution in [3.63, 3.8) is 0 Å². The number of amides is 1. The summed E-state index contributed by atoms with van der Waals surface area (Å²) in [5.41, 5.74) is 5.63. The molecule has 0 saturated heterocycles. The van der Waals surface area contributed by atoms with Crippen molar-refractivity contribution in [1.82, 2.24) is 14.9 Å². The van der Waals surface area contributed by atoms with Crippen LogP contribution >= 0.6 is 0 Å². The first kappa shape index (κ1) is 18.3. The summed E-state index contributed by atoms with van der Waals surface area (Å²) in [5.74, 6) is 1.08. The summed E-state index contributed by atoms with van der Waals surface area (Å²) in [5, 5.41) is 0. The van der Waals surface area contributed by atoms with Crippen molar-refractivity contribution in [1.29, 1.82) is 0 Å². The van der Waals surface area contributed by atoms with Gasteiger partial charge in [-0.25, -0.2) is 0 Å². The molecule has 144 valence electrons. The highest BCUT2D eigenvalue weighted by Gasteiger charge is 2.19. The number of benzene rings is 1. The lowest BCUT2D eigenvalue weighted by atomic mass is 10.0. The third kappa shape index (κ3) is 3.93. The Labute approximate surface area is 165 Å². The summed E-state index contributed by atoms with van der Waals surface area (Å²) in [4.78, 5) is 22.3. The van der Waals surface area contributed by atoms with Crippen LogP contribution in [-0.2, 0) is 11.2 Å². The average Bonchev–Trinajstić information content (AvgIpc) is 3.17. The Morgan fingerprint density at radius 3 is 2.86 bits per heavy atom. The number of ether oxygens (including phenoxy) is 1. The van der Waals surface area contributed by atoms with Crippen LogP contribution in [0, 0.1) is 0 Å². The number of carbonyl (C=O) groups is 1. The van der Waals surface area contributed by atoms with E-state index in [0.717, 1.165) is 47.3 Å². The van der Waals surface area contributed by atoms with Crippen molar-refractivity contribution in [2.45, 2.75) is 26.2 Å². The Morgan fingerprint density at radius 1 is 1.25 bits per heavy atom. The molecule has 3 aromatic rings. The molecule has 1 aliphatic rings. The second kappa shape index (κ2) is 8.30. The maximum Gasteiger partial charge on any atom is 0.223 e. The molecule has 1 amide bonds. The molecule has 4 rings (SSSR count). The first-order valence-electron chi connectivity index (χ1n) is 9.85. The Bertz CT molecular complexity index is 989. The Morgan fingerprint density at radius 2 is 2.11 bits per heavy atom. The molecule has 0 saturated carbocycles. The molecule has 5 heteroatoms. The largest absolute Gasteiger partial charge is 0.494 e. The lowest BCUT2D eigenvalue weighted by molar-refractivity contribution is -0.130. The molecule has 28 heavy (non-hydrogen) atoms. The highest BCUT2D eigenvalue weighted by Crippen LogP contribution is 2.28. The zero-order valence-electron chi connectivity index (χ0n) is 16.1. The first-order chi connectivity index (χ1) is 13.7. The topological polar surface area (TPSA) is 58.2 Å². The van der Waals surface area contributed by atoms with Crippen LogP contribution in [-0.4, -0.2) is 40.5 Å². The van der Waals surface area contributed by atoms with E-state index in [1.165, 1.54) is 5.57 Å². The number of rotatable bonds is 6. The highest BCUT2D eigenvalue weighted by atomic mass is 16.5. The van der Waals surface area contributed by atoms with Crippen molar-refractivity contribution >= 4 is 22.5 Å². The van der Waals surface area contributed by atoms with Crippen LogP contribution in [0.25, 0.3) is 16.6 Å². The van der Waals surface area contributed by atoms with E-state index in [0.29, 0.717) is 19.6 Å². The number of hydrogen-bond acceptors (Lipinski definition) is 3. The van der Waals surface area contributed by atoms with E-state index in [2.05, 4.69) is 16.0 Å². The summed E-state index contributed by atoms with van der Waals surface area (Å²) in [7, 11) is 0. The number of nitrogens with zero attached hydrogens (tertiary/aromatic N) is 2. The minimum atomic E-state index is 0.209. The number of aromatic amines is 1. The predicted molar refractivity (Wildman–Crippen MR) is 111 cm³/mol. The molecule has 0 atom stereocenters. The third-order valence-corrected chi connectivity index (χ3v) is 5.20. The first-order valence-corrected chi connectivity index (χ1v) is 9.85. The van der Waals surface area contributed by atoms with E-state index in [1.807, 2.05) is 60.6 Å². The minimum absolute atomic E-state index is 0.209. The normalized spacial score (nSPS) is 14.2. The summed E-state index contributed by atoms with van der Waals surface area (Å²) in [6.07, 6.45) is 8.15. The van der Waals surface area contributed by atoms with Crippen LogP contribution in [0.3, 0.4) is 0 Å². The smallest absolute Gasteiger partial charge is 0.223 e. The Balaban J connectivity index is 1.34. The van der Waals surface area contributed by atoms with Crippen LogP contribution < -0.4 is 4.74 Å². The molecule has 0 bridgehead atoms. The lowest BCUT2D eigenvalue weighted by Gasteiger charge is -2.26. The second-order valence-electron chi connectivity index (χ2n) is 7.00. The van der Waals surface area contributed by atoms with Crippen molar-refractivity contribution in [2.24, 2.45) is 0 Å². The minimum Gasteiger partial charge on any atom is -0.494 e. The molecule has 1 aromatic carbocycles. The second-order valence-corrected chi connectivity index (χ2v) is 7.00. The third-order valence-electron chi connectivity index (χ3n) is 5.20. The summed E-state index contributed by atoms with van der Waals surface area (Å²) < 4.78 is 5.46. The van der Waals surface area contributed by atoms with Crippen molar-refractivity contribution in [3.8, 4) is 5.75 Å². The molecule has 0 unspecified atom stereocenters. The molecule has 1 N–H and O–H groups in total. The predicted octanol–water partition coefficient (Wildman–Crippen LogP) is 4.21. The number of pyridine rings is 1. The fourth-order valence-corrected chi connectivity index (χ4v) is 3.67. The zero-order valence-corrected chi connectivity index (χ0v) is 16.1. The average molecular weight is 375 g/mol. The lowest BCUT2D eigenvalue weighted by Crippen LogP contribution is -2.34. The van der Waals surface area contributed by atoms with Gasteiger partial charge < -0.3 is 14.6 Å². The summed E-state index contributed by atoms with van der Waals surface area (Å²) in [6.45, 7) is 4.06. The molecule has 2 aromatic heterocycles. The molecule has 0 radical (unpaired) electrons. The van der Waals surface area contributed by atoms with Gasteiger partial charge in [0.1, 0.15) is 5.75 Å². The number of carbonyl (C=O) groups excluding carboxylic acids is 1. The van der Waals surface area contributed by atoms with E-state index in [9.17, 15) is 4.79 Å². The van der Waals surface area contributed by atoms with Gasteiger partial charge in [0.15, 0.2) is 0 Å². The van der Waals surface area contributed by atoms with Crippen LogP contribution in [0.1, 0.15) is 30.9 Å². The molecular weight excluding hydrogens is 350 g/mol. The molecule has 0 aliphatic carbocycles. The van der Waals surface area contributed by atoms with E-state index < -0.39 is 0 Å². The molecule has 0 fully saturated rings. The van der Waals surface area contributed by atoms with E-state index in [4.69, 9.17) is 4.74 Å². The maximum atomic E-state index is 12.6. The van der Waals surface area contributed by atoms with Gasteiger partial charge in [-0.3, -0.25) is 9.78 Å². The number of fused-ring (bicyclic) bond motifs is 1. The van der Waals surface area contributed by atoms with E-state index in [-0.39, 0.29) is 5.91 Å². The van der Waals surface area contributed by atoms with Gasteiger partial charge >= 0.3 is 0 Å². The van der Waals surface area contributed by atoms with Crippen LogP contribution in [0.15, 0.2) is 54.9 Å². The maximum absolute atomic E-state index is 12.6. The van der Waals surface area contributed by atoms with Crippen LogP contribution in [0.5, 0.6) is 5.75 Å². The van der Waals surface area contributed by atoms with Gasteiger partial charge in [0, 0.05) is 37.5 Å². The number of aromatic nitrogens is 2. The Kier molecular flexibility index (Phi) is 5.42. The number of aryl methyl sites for hydroxylation is 1. The number of nitrogens with one attached hydrogen (secondary N) is 1. The van der Waals surface area contributed by atoms with Crippen molar-refractivity contribution < 1.29 is 9.53 Å². The fraction of sp³-hybridized carbons (Fsp3) is 0.304. The SMILES string of the molecule is CCOc1ccc(CCC(=O)N2CC=C(c3c[nH]c4cccnc34)CC2)cc1. The molecule has 1 aliphatic heterocycles. The molecule has 3 heterocycles. The van der Waals surface area contributed by atoms with Gasteiger partial charge in [-0.05, 0) is 55.2 Å². The highest BCUT2D eigenvalue weighted by molar-refractivity contribution is 5.90. The van der Waals surface area contributed by atoms with Gasteiger partial charge in [-0.15, -0.1) is 0 Å². The van der Waals surface area contributed by atoms with E-state index in [1.54, 1.807) is 0 Å². The molecular formula is C23H25N3O2. The zero-order chi connectivity index (χ0) is 19.3. The quantitative estimate of drug-likeness (QED) is 0.702. The van der Waals surface area contributed by atoms with Gasteiger partial charge in [0.2, 0.25) is 5.91 Å². The summed E-state index contributed by atoms with van der Waals surface area (Å²) >= 11 is 0. The van der Waals surface area contributed by atoms with Crippen molar-refractivity contribution in [3.05, 3.63) is 66.0 Å². The number of hydrogen-bond donors (Lipinski definition) is 1. The fourth-order valence-electron chi connectivity index (χ4n) is 3.67. The molecule has 5 nitrogen and oxygen atoms in total. The Hall–Kier alpha value is -3.08. The summed E-state index contributed by atoms with van der Waals surface area (Å²) in [6, 6.07) is 12.0.